The van der Waals surface area contributed by atoms with E-state index in [0.29, 0.717) is 23.5 Å². The van der Waals surface area contributed by atoms with Crippen molar-refractivity contribution in [2.75, 3.05) is 0 Å². The van der Waals surface area contributed by atoms with Gasteiger partial charge in [-0.15, -0.1) is 0 Å². The lowest BCUT2D eigenvalue weighted by atomic mass is 9.69. The highest BCUT2D eigenvalue weighted by atomic mass is 16.6. The van der Waals surface area contributed by atoms with E-state index in [0.717, 1.165) is 24.8 Å². The molecule has 4 rings (SSSR count). The third-order valence-corrected chi connectivity index (χ3v) is 5.12. The number of nitrogens with zero attached hydrogens (tertiary/aromatic N) is 1. The molecule has 0 amide bonds. The minimum absolute atomic E-state index is 0.167. The number of hydrogen-bond acceptors (Lipinski definition) is 4. The highest BCUT2D eigenvalue weighted by molar-refractivity contribution is 5.70. The van der Waals surface area contributed by atoms with Gasteiger partial charge in [0, 0.05) is 17.9 Å². The predicted molar refractivity (Wildman–Crippen MR) is 88.4 cm³/mol. The zero-order valence-electron chi connectivity index (χ0n) is 13.3. The minimum atomic E-state index is -1.25. The molecule has 4 nitrogen and oxygen atoms in total. The molecule has 1 aliphatic heterocycles. The van der Waals surface area contributed by atoms with Crippen LogP contribution in [0.2, 0.25) is 0 Å². The van der Waals surface area contributed by atoms with Gasteiger partial charge in [-0.1, -0.05) is 36.8 Å². The fraction of sp³-hybridized carbons (Fsp3) is 0.350. The summed E-state index contributed by atoms with van der Waals surface area (Å²) in [5.74, 6) is -0.506. The molecule has 1 aromatic carbocycles. The summed E-state index contributed by atoms with van der Waals surface area (Å²) in [5, 5.41) is 21.1. The van der Waals surface area contributed by atoms with Crippen LogP contribution in [-0.2, 0) is 4.74 Å². The maximum Gasteiger partial charge on any atom is 0.212 e. The molecule has 0 bridgehead atoms. The Morgan fingerprint density at radius 1 is 1.12 bits per heavy atom. The predicted octanol–water partition coefficient (Wildman–Crippen LogP) is 4.21. The van der Waals surface area contributed by atoms with Gasteiger partial charge in [-0.25, -0.2) is 0 Å². The standard InChI is InChI=1S/C20H19NO3/c21-13-15-18(17-10-6-12-23-17)16-9-4-5-11-20(16,22)24-19(15)14-7-2-1-3-8-14/h1-3,6-8,10,12,16,18,22H,4-5,9,11H2/t16-,18+,20+/m0/s1. The lowest BCUT2D eigenvalue weighted by Crippen LogP contribution is -2.48. The first-order chi connectivity index (χ1) is 11.7. The van der Waals surface area contributed by atoms with Crippen molar-refractivity contribution in [1.82, 2.24) is 0 Å². The van der Waals surface area contributed by atoms with Gasteiger partial charge in [-0.2, -0.15) is 5.26 Å². The average Bonchev–Trinajstić information content (AvgIpc) is 3.14. The molecule has 4 heteroatoms. The molecular formula is C20H19NO3. The van der Waals surface area contributed by atoms with Crippen molar-refractivity contribution in [1.29, 1.82) is 5.26 Å². The van der Waals surface area contributed by atoms with Crippen molar-refractivity contribution < 1.29 is 14.3 Å². The Kier molecular flexibility index (Phi) is 3.66. The first-order valence-electron chi connectivity index (χ1n) is 8.37. The monoisotopic (exact) mass is 321 g/mol. The van der Waals surface area contributed by atoms with Crippen LogP contribution in [-0.4, -0.2) is 10.9 Å². The second-order valence-corrected chi connectivity index (χ2v) is 6.51. The fourth-order valence-corrected chi connectivity index (χ4v) is 4.01. The highest BCUT2D eigenvalue weighted by Crippen LogP contribution is 2.53. The largest absolute Gasteiger partial charge is 0.469 e. The molecule has 0 saturated heterocycles. The number of aliphatic hydroxyl groups is 1. The zero-order chi connectivity index (χ0) is 16.6. The molecule has 122 valence electrons. The number of hydrogen-bond donors (Lipinski definition) is 1. The molecular weight excluding hydrogens is 302 g/mol. The normalized spacial score (nSPS) is 29.5. The van der Waals surface area contributed by atoms with E-state index in [1.165, 1.54) is 0 Å². The van der Waals surface area contributed by atoms with Gasteiger partial charge >= 0.3 is 0 Å². The first-order valence-corrected chi connectivity index (χ1v) is 8.37. The number of fused-ring (bicyclic) bond motifs is 1. The van der Waals surface area contributed by atoms with E-state index in [1.54, 1.807) is 6.26 Å². The second kappa shape index (κ2) is 5.85. The summed E-state index contributed by atoms with van der Waals surface area (Å²) in [6, 6.07) is 15.6. The van der Waals surface area contributed by atoms with Gasteiger partial charge in [0.2, 0.25) is 5.79 Å². The summed E-state index contributed by atoms with van der Waals surface area (Å²) in [6.45, 7) is 0. The maximum absolute atomic E-state index is 11.2. The Morgan fingerprint density at radius 2 is 1.96 bits per heavy atom. The van der Waals surface area contributed by atoms with Gasteiger partial charge in [0.15, 0.2) is 0 Å². The van der Waals surface area contributed by atoms with Crippen molar-refractivity contribution >= 4 is 5.76 Å². The lowest BCUT2D eigenvalue weighted by molar-refractivity contribution is -0.224. The van der Waals surface area contributed by atoms with E-state index >= 15 is 0 Å². The van der Waals surface area contributed by atoms with Crippen molar-refractivity contribution in [3.63, 3.8) is 0 Å². The van der Waals surface area contributed by atoms with E-state index in [9.17, 15) is 10.4 Å². The fourth-order valence-electron chi connectivity index (χ4n) is 4.01. The second-order valence-electron chi connectivity index (χ2n) is 6.51. The Balaban J connectivity index is 1.92. The van der Waals surface area contributed by atoms with Gasteiger partial charge in [-0.05, 0) is 25.0 Å². The van der Waals surface area contributed by atoms with Crippen LogP contribution in [0.3, 0.4) is 0 Å². The van der Waals surface area contributed by atoms with Crippen LogP contribution in [0.25, 0.3) is 5.76 Å². The van der Waals surface area contributed by atoms with E-state index in [4.69, 9.17) is 9.15 Å². The number of nitriles is 1. The van der Waals surface area contributed by atoms with Crippen molar-refractivity contribution in [3.05, 3.63) is 65.6 Å². The quantitative estimate of drug-likeness (QED) is 0.900. The van der Waals surface area contributed by atoms with Crippen molar-refractivity contribution in [3.8, 4) is 6.07 Å². The van der Waals surface area contributed by atoms with E-state index < -0.39 is 5.79 Å². The summed E-state index contributed by atoms with van der Waals surface area (Å²) < 4.78 is 11.7. The topological polar surface area (TPSA) is 66.4 Å². The number of furan rings is 1. The van der Waals surface area contributed by atoms with Gasteiger partial charge in [0.05, 0.1) is 23.8 Å². The lowest BCUT2D eigenvalue weighted by Gasteiger charge is -2.47. The van der Waals surface area contributed by atoms with Gasteiger partial charge < -0.3 is 14.3 Å². The Bertz CT molecular complexity index is 788. The molecule has 2 aliphatic rings. The summed E-state index contributed by atoms with van der Waals surface area (Å²) in [4.78, 5) is 0. The number of ether oxygens (including phenoxy) is 1. The molecule has 1 aromatic heterocycles. The van der Waals surface area contributed by atoms with Crippen LogP contribution >= 0.6 is 0 Å². The zero-order valence-corrected chi connectivity index (χ0v) is 13.3. The Labute approximate surface area is 141 Å². The molecule has 2 aromatic rings. The molecule has 0 radical (unpaired) electrons. The van der Waals surface area contributed by atoms with Crippen LogP contribution in [0.1, 0.15) is 42.9 Å². The number of rotatable bonds is 2. The summed E-state index contributed by atoms with van der Waals surface area (Å²) in [6.07, 6.45) is 4.94. The van der Waals surface area contributed by atoms with E-state index in [2.05, 4.69) is 6.07 Å². The van der Waals surface area contributed by atoms with Crippen LogP contribution in [0, 0.1) is 17.2 Å². The molecule has 1 N–H and O–H groups in total. The molecule has 0 spiro atoms. The van der Waals surface area contributed by atoms with E-state index in [-0.39, 0.29) is 11.8 Å². The molecule has 1 aliphatic carbocycles. The van der Waals surface area contributed by atoms with Gasteiger partial charge in [-0.3, -0.25) is 0 Å². The number of allylic oxidation sites excluding steroid dienone is 1. The first kappa shape index (κ1) is 15.0. The van der Waals surface area contributed by atoms with Crippen LogP contribution < -0.4 is 0 Å². The molecule has 2 heterocycles. The SMILES string of the molecule is N#CC1=C(c2ccccc2)O[C@]2(O)CCCC[C@H]2[C@@H]1c1ccco1. The van der Waals surface area contributed by atoms with Crippen LogP contribution in [0.5, 0.6) is 0 Å². The average molecular weight is 321 g/mol. The summed E-state index contributed by atoms with van der Waals surface area (Å²) >= 11 is 0. The minimum Gasteiger partial charge on any atom is -0.469 e. The molecule has 1 fully saturated rings. The smallest absolute Gasteiger partial charge is 0.212 e. The van der Waals surface area contributed by atoms with E-state index in [1.807, 2.05) is 42.5 Å². The summed E-state index contributed by atoms with van der Waals surface area (Å²) in [7, 11) is 0. The molecule has 1 saturated carbocycles. The maximum atomic E-state index is 11.2. The Morgan fingerprint density at radius 3 is 2.67 bits per heavy atom. The Hall–Kier alpha value is -2.51. The summed E-state index contributed by atoms with van der Waals surface area (Å²) in [5.41, 5.74) is 1.34. The van der Waals surface area contributed by atoms with Gasteiger partial charge in [0.1, 0.15) is 11.5 Å². The van der Waals surface area contributed by atoms with Gasteiger partial charge in [0.25, 0.3) is 0 Å². The third-order valence-electron chi connectivity index (χ3n) is 5.12. The highest BCUT2D eigenvalue weighted by Gasteiger charge is 2.52. The van der Waals surface area contributed by atoms with Crippen molar-refractivity contribution in [2.24, 2.45) is 5.92 Å². The van der Waals surface area contributed by atoms with Crippen molar-refractivity contribution in [2.45, 2.75) is 37.4 Å². The number of benzene rings is 1. The molecule has 24 heavy (non-hydrogen) atoms. The van der Waals surface area contributed by atoms with Crippen LogP contribution in [0.4, 0.5) is 0 Å². The molecule has 0 unspecified atom stereocenters. The van der Waals surface area contributed by atoms with Crippen LogP contribution in [0.15, 0.2) is 58.7 Å². The third kappa shape index (κ3) is 2.33. The molecule has 3 atom stereocenters.